The molecule has 6 nitrogen and oxygen atoms in total. The summed E-state index contributed by atoms with van der Waals surface area (Å²) in [4.78, 5) is 14.7. The monoisotopic (exact) mass is 1380 g/mol. The summed E-state index contributed by atoms with van der Waals surface area (Å²) in [5.41, 5.74) is 38.7. The lowest BCUT2D eigenvalue weighted by Gasteiger charge is -2.45. The van der Waals surface area contributed by atoms with Gasteiger partial charge in [-0.05, 0) is 240 Å². The van der Waals surface area contributed by atoms with Gasteiger partial charge in [0, 0.05) is 96.9 Å². The van der Waals surface area contributed by atoms with Crippen molar-refractivity contribution in [3.8, 4) is 0 Å². The van der Waals surface area contributed by atoms with E-state index in [0.29, 0.717) is 0 Å². The second-order valence-corrected chi connectivity index (χ2v) is 28.7. The number of nitrogens with zero attached hydrogens (tertiary/aromatic N) is 6. The molecule has 0 unspecified atom stereocenters. The van der Waals surface area contributed by atoms with Crippen LogP contribution in [0.1, 0.15) is 53.4 Å². The first kappa shape index (κ1) is 65.1. The van der Waals surface area contributed by atoms with E-state index in [1.54, 1.807) is 0 Å². The van der Waals surface area contributed by atoms with Crippen LogP contribution in [0.4, 0.5) is 102 Å². The van der Waals surface area contributed by atoms with Crippen LogP contribution in [0.15, 0.2) is 314 Å². The second kappa shape index (κ2) is 26.5. The number of halogens is 1. The van der Waals surface area contributed by atoms with Crippen LogP contribution >= 0.6 is 15.9 Å². The van der Waals surface area contributed by atoms with E-state index in [9.17, 15) is 0 Å². The smallest absolute Gasteiger partial charge is 0.252 e. The summed E-state index contributed by atoms with van der Waals surface area (Å²) < 4.78 is 1.08. The Morgan fingerprint density at radius 1 is 0.235 bits per heavy atom. The van der Waals surface area contributed by atoms with E-state index < -0.39 is 0 Å². The Morgan fingerprint density at radius 2 is 0.500 bits per heavy atom. The quantitative estimate of drug-likeness (QED) is 0.126. The molecule has 14 aromatic rings. The molecule has 9 heteroatoms. The topological polar surface area (TPSA) is 19.4 Å². The maximum atomic E-state index is 3.87. The highest BCUT2D eigenvalue weighted by Gasteiger charge is 2.46. The summed E-state index contributed by atoms with van der Waals surface area (Å²) in [6, 6.07) is 115. The first-order valence-electron chi connectivity index (χ1n) is 35.0. The van der Waals surface area contributed by atoms with Crippen LogP contribution < -0.4 is 62.2 Å². The molecular weight excluding hydrogens is 1300 g/mol. The molecule has 0 atom stereocenters. The molecule has 0 amide bonds. The van der Waals surface area contributed by atoms with Gasteiger partial charge in [0.1, 0.15) is 0 Å². The minimum Gasteiger partial charge on any atom is -0.311 e. The van der Waals surface area contributed by atoms with Crippen LogP contribution in [0, 0.1) is 55.4 Å². The summed E-state index contributed by atoms with van der Waals surface area (Å²) in [5.74, 6) is 0. The van der Waals surface area contributed by atoms with Gasteiger partial charge in [0.15, 0.2) is 0 Å². The highest BCUT2D eigenvalue weighted by Crippen LogP contribution is 2.51. The van der Waals surface area contributed by atoms with E-state index in [-0.39, 0.29) is 22.3 Å². The van der Waals surface area contributed by atoms with Crippen molar-refractivity contribution >= 4 is 165 Å². The van der Waals surface area contributed by atoms with Crippen LogP contribution in [-0.4, -0.2) is 13.4 Å². The largest absolute Gasteiger partial charge is 0.311 e. The molecule has 4 aliphatic heterocycles. The van der Waals surface area contributed by atoms with E-state index in [1.165, 1.54) is 123 Å². The molecule has 0 bridgehead atoms. The van der Waals surface area contributed by atoms with Crippen molar-refractivity contribution < 1.29 is 1.43 Å². The summed E-state index contributed by atoms with van der Waals surface area (Å²) in [5, 5.41) is 0. The normalized spacial score (nSPS) is 12.6. The predicted molar refractivity (Wildman–Crippen MR) is 445 cm³/mol. The molecular formula is C93H81B2BrN6. The third-order valence-corrected chi connectivity index (χ3v) is 21.1. The van der Waals surface area contributed by atoms with Crippen molar-refractivity contribution in [1.82, 2.24) is 0 Å². The zero-order valence-electron chi connectivity index (χ0n) is 58.2. The fourth-order valence-corrected chi connectivity index (χ4v) is 16.1. The number of anilines is 18. The molecule has 496 valence electrons. The van der Waals surface area contributed by atoms with Crippen molar-refractivity contribution in [3.63, 3.8) is 0 Å². The lowest BCUT2D eigenvalue weighted by Crippen LogP contribution is -2.61. The van der Waals surface area contributed by atoms with Gasteiger partial charge in [0.2, 0.25) is 0 Å². The van der Waals surface area contributed by atoms with E-state index in [2.05, 4.69) is 410 Å². The summed E-state index contributed by atoms with van der Waals surface area (Å²) >= 11 is 3.87. The van der Waals surface area contributed by atoms with Gasteiger partial charge in [0.05, 0.1) is 11.4 Å². The van der Waals surface area contributed by atoms with Crippen molar-refractivity contribution in [2.45, 2.75) is 62.8 Å². The number of aryl methyl sites for hydroxylation is 8. The molecule has 102 heavy (non-hydrogen) atoms. The summed E-state index contributed by atoms with van der Waals surface area (Å²) in [7, 11) is 0. The molecule has 14 aromatic carbocycles. The van der Waals surface area contributed by atoms with E-state index in [4.69, 9.17) is 0 Å². The standard InChI is InChI=1S/C46H37BBrN3.C46H38BN3.CH4.H2/c1-30-10-18-36(19-11-30)49(37-20-12-31(2)13-21-37)39-28-44-46-45(29-39)51(38-22-14-32(3)15-23-38)42-24-16-33(4)26-40(42)47(46)41-27-34(48)17-25-43(41)50(44)35-8-6-5-7-9-35;1-31-14-21-36(22-15-31)48(37-23-16-32(2)17-24-37)39-29-44-46-45(30-39)50(38-25-18-33(3)19-26-38)43-27-20-34(4)28-41(43)47(46)40-12-8-9-13-42(40)49(44)35-10-6-5-7-11-35;;/h5-29H,1-4H3;5-30H,1-4H3;1H4;1H/i;;;1+1. The van der Waals surface area contributed by atoms with Gasteiger partial charge >= 0.3 is 0 Å². The fraction of sp³-hybridized carbons (Fsp3) is 0.0968. The van der Waals surface area contributed by atoms with Gasteiger partial charge in [-0.3, -0.25) is 0 Å². The zero-order valence-corrected chi connectivity index (χ0v) is 59.7. The molecule has 0 saturated heterocycles. The summed E-state index contributed by atoms with van der Waals surface area (Å²) in [6.45, 7) is 17.4. The van der Waals surface area contributed by atoms with Crippen molar-refractivity contribution in [1.29, 1.82) is 0 Å². The Bertz CT molecular complexity index is 5390. The molecule has 0 aromatic heterocycles. The lowest BCUT2D eigenvalue weighted by molar-refractivity contribution is 1.22. The van der Waals surface area contributed by atoms with Crippen molar-refractivity contribution in [2.75, 3.05) is 29.4 Å². The van der Waals surface area contributed by atoms with Gasteiger partial charge in [0.25, 0.3) is 13.4 Å². The van der Waals surface area contributed by atoms with Crippen molar-refractivity contribution in [2.24, 2.45) is 0 Å². The SMILES string of the molecule is C.Cc1ccc(N(c2ccc(C)cc2)c2cc3c4c(c2)N(c2ccc(C)cc2)c2ccc(C)cc2B4c2ccccc2N3c2ccccc2)cc1.Cc1ccc(N(c2ccc(C)cc2)c2cc3c4c(c2)N(c2ccccc2)c2ccc(Br)cc2B4c2cc(C)ccc2N3c2ccc(C)cc2)cc1.[2HH]. The maximum Gasteiger partial charge on any atom is 0.252 e. The summed E-state index contributed by atoms with van der Waals surface area (Å²) in [6.07, 6.45) is 0. The number of benzene rings is 14. The third-order valence-electron chi connectivity index (χ3n) is 20.6. The van der Waals surface area contributed by atoms with E-state index in [1.807, 2.05) is 0 Å². The lowest BCUT2D eigenvalue weighted by atomic mass is 9.33. The Kier molecular flexibility index (Phi) is 16.9. The van der Waals surface area contributed by atoms with Crippen LogP contribution in [0.2, 0.25) is 0 Å². The number of rotatable bonds is 10. The van der Waals surface area contributed by atoms with Gasteiger partial charge in [-0.25, -0.2) is 0 Å². The van der Waals surface area contributed by atoms with Crippen LogP contribution in [0.3, 0.4) is 0 Å². The molecule has 18 rings (SSSR count). The Balaban J connectivity index is 0.000000163. The minimum atomic E-state index is 0. The molecule has 0 fully saturated rings. The highest BCUT2D eigenvalue weighted by molar-refractivity contribution is 9.10. The highest BCUT2D eigenvalue weighted by atomic mass is 79.9. The maximum absolute atomic E-state index is 3.87. The van der Waals surface area contributed by atoms with Crippen LogP contribution in [-0.2, 0) is 0 Å². The van der Waals surface area contributed by atoms with Gasteiger partial charge in [-0.15, -0.1) is 0 Å². The molecule has 4 heterocycles. The zero-order chi connectivity index (χ0) is 68.7. The Hall–Kier alpha value is -11.5. The number of fused-ring (bicyclic) bond motifs is 8. The van der Waals surface area contributed by atoms with Gasteiger partial charge < -0.3 is 29.4 Å². The predicted octanol–water partition coefficient (Wildman–Crippen LogP) is 22.6. The van der Waals surface area contributed by atoms with Gasteiger partial charge in [-0.1, -0.05) is 226 Å². The molecule has 0 radical (unpaired) electrons. The van der Waals surface area contributed by atoms with Gasteiger partial charge in [-0.2, -0.15) is 0 Å². The Morgan fingerprint density at radius 3 is 0.853 bits per heavy atom. The van der Waals surface area contributed by atoms with Crippen LogP contribution in [0.25, 0.3) is 0 Å². The van der Waals surface area contributed by atoms with E-state index >= 15 is 0 Å². The first-order valence-corrected chi connectivity index (χ1v) is 35.8. The fourth-order valence-electron chi connectivity index (χ4n) is 15.7. The molecule has 0 N–H and O–H groups in total. The van der Waals surface area contributed by atoms with E-state index in [0.717, 1.165) is 61.3 Å². The average molecular weight is 1390 g/mol. The minimum absolute atomic E-state index is 0. The van der Waals surface area contributed by atoms with Crippen LogP contribution in [0.5, 0.6) is 0 Å². The number of hydrogen-bond donors (Lipinski definition) is 0. The second-order valence-electron chi connectivity index (χ2n) is 27.7. The first-order chi connectivity index (χ1) is 49.3. The Labute approximate surface area is 612 Å². The average Bonchev–Trinajstić information content (AvgIpc) is 0.703. The number of hydrogen-bond acceptors (Lipinski definition) is 6. The van der Waals surface area contributed by atoms with Crippen molar-refractivity contribution in [3.05, 3.63) is 358 Å². The number of para-hydroxylation sites is 3. The molecule has 0 aliphatic carbocycles. The third kappa shape index (κ3) is 11.5. The molecule has 0 spiro atoms. The molecule has 4 aliphatic rings. The molecule has 0 saturated carbocycles.